The first kappa shape index (κ1) is 20.6. The molecule has 1 atom stereocenters. The number of halogens is 1. The third-order valence-corrected chi connectivity index (χ3v) is 4.26. The maximum atomic E-state index is 13.2. The van der Waals surface area contributed by atoms with Gasteiger partial charge in [-0.3, -0.25) is 9.59 Å². The van der Waals surface area contributed by atoms with E-state index < -0.39 is 6.04 Å². The van der Waals surface area contributed by atoms with Crippen molar-refractivity contribution in [3.8, 4) is 0 Å². The molecule has 0 aromatic heterocycles. The zero-order valence-corrected chi connectivity index (χ0v) is 15.4. The zero-order chi connectivity index (χ0) is 19.6. The summed E-state index contributed by atoms with van der Waals surface area (Å²) >= 11 is 0. The fourth-order valence-electron chi connectivity index (χ4n) is 2.82. The van der Waals surface area contributed by atoms with E-state index in [0.29, 0.717) is 19.4 Å². The number of nitrogens with zero attached hydrogens (tertiary/aromatic N) is 1. The first-order valence-electron chi connectivity index (χ1n) is 8.95. The number of rotatable bonds is 9. The maximum Gasteiger partial charge on any atom is 0.243 e. The van der Waals surface area contributed by atoms with Gasteiger partial charge in [0.1, 0.15) is 11.9 Å². The third kappa shape index (κ3) is 6.49. The largest absolute Gasteiger partial charge is 0.396 e. The Labute approximate surface area is 158 Å². The van der Waals surface area contributed by atoms with Gasteiger partial charge in [0.2, 0.25) is 11.8 Å². The van der Waals surface area contributed by atoms with Crippen LogP contribution in [0.3, 0.4) is 0 Å². The van der Waals surface area contributed by atoms with Gasteiger partial charge in [-0.2, -0.15) is 0 Å². The van der Waals surface area contributed by atoms with Crippen molar-refractivity contribution >= 4 is 11.8 Å². The van der Waals surface area contributed by atoms with E-state index >= 15 is 0 Å². The van der Waals surface area contributed by atoms with Gasteiger partial charge >= 0.3 is 0 Å². The van der Waals surface area contributed by atoms with Crippen LogP contribution in [0.5, 0.6) is 0 Å². The fourth-order valence-corrected chi connectivity index (χ4v) is 2.82. The molecule has 0 radical (unpaired) electrons. The van der Waals surface area contributed by atoms with Gasteiger partial charge in [-0.1, -0.05) is 42.5 Å². The van der Waals surface area contributed by atoms with Gasteiger partial charge in [-0.05, 0) is 29.7 Å². The molecule has 0 spiro atoms. The highest BCUT2D eigenvalue weighted by Crippen LogP contribution is 2.15. The number of aliphatic hydroxyl groups excluding tert-OH is 1. The molecule has 1 unspecified atom stereocenters. The third-order valence-electron chi connectivity index (χ3n) is 4.26. The van der Waals surface area contributed by atoms with Crippen LogP contribution in [0.25, 0.3) is 0 Å². The van der Waals surface area contributed by atoms with E-state index in [0.717, 1.165) is 11.1 Å². The Morgan fingerprint density at radius 1 is 1.07 bits per heavy atom. The molecular weight excluding hydrogens is 347 g/mol. The van der Waals surface area contributed by atoms with Gasteiger partial charge in [0, 0.05) is 33.0 Å². The summed E-state index contributed by atoms with van der Waals surface area (Å²) in [5.74, 6) is -0.863. The molecule has 0 aliphatic rings. The minimum absolute atomic E-state index is 0.0182. The van der Waals surface area contributed by atoms with Gasteiger partial charge in [-0.25, -0.2) is 4.39 Å². The lowest BCUT2D eigenvalue weighted by Crippen LogP contribution is -2.50. The molecule has 0 heterocycles. The van der Waals surface area contributed by atoms with Gasteiger partial charge in [0.15, 0.2) is 0 Å². The Bertz CT molecular complexity index is 735. The fraction of sp³-hybridized carbons (Fsp3) is 0.333. The number of carbonyl (C=O) groups excluding carboxylic acids is 2. The summed E-state index contributed by atoms with van der Waals surface area (Å²) in [7, 11) is 0. The monoisotopic (exact) mass is 372 g/mol. The van der Waals surface area contributed by atoms with E-state index in [1.807, 2.05) is 30.3 Å². The van der Waals surface area contributed by atoms with Crippen molar-refractivity contribution in [1.29, 1.82) is 0 Å². The van der Waals surface area contributed by atoms with Crippen molar-refractivity contribution in [1.82, 2.24) is 10.2 Å². The van der Waals surface area contributed by atoms with Crippen LogP contribution in [0.15, 0.2) is 54.6 Å². The van der Waals surface area contributed by atoms with E-state index in [4.69, 9.17) is 5.11 Å². The number of hydrogen-bond donors (Lipinski definition) is 2. The van der Waals surface area contributed by atoms with Crippen LogP contribution in [0, 0.1) is 5.82 Å². The van der Waals surface area contributed by atoms with Crippen LogP contribution in [0.2, 0.25) is 0 Å². The number of nitrogens with one attached hydrogen (secondary N) is 1. The molecule has 0 aliphatic heterocycles. The first-order valence-corrected chi connectivity index (χ1v) is 8.95. The standard InChI is InChI=1S/C21H25FN2O3/c1-16(26)24(15-18-8-10-19(22)11-9-18)20(21(27)23-12-5-13-25)14-17-6-3-2-4-7-17/h2-4,6-11,20,25H,5,12-15H2,1H3,(H,23,27). The molecule has 144 valence electrons. The molecule has 6 heteroatoms. The lowest BCUT2D eigenvalue weighted by Gasteiger charge is -2.30. The highest BCUT2D eigenvalue weighted by atomic mass is 19.1. The molecule has 0 saturated carbocycles. The van der Waals surface area contributed by atoms with Gasteiger partial charge in [-0.15, -0.1) is 0 Å². The van der Waals surface area contributed by atoms with Gasteiger partial charge in [0.25, 0.3) is 0 Å². The second kappa shape index (κ2) is 10.4. The summed E-state index contributed by atoms with van der Waals surface area (Å²) in [5, 5.41) is 11.7. The number of amides is 2. The van der Waals surface area contributed by atoms with Crippen LogP contribution in [-0.4, -0.2) is 41.0 Å². The van der Waals surface area contributed by atoms with E-state index in [-0.39, 0.29) is 30.8 Å². The smallest absolute Gasteiger partial charge is 0.243 e. The van der Waals surface area contributed by atoms with Gasteiger partial charge < -0.3 is 15.3 Å². The van der Waals surface area contributed by atoms with Crippen molar-refractivity contribution in [3.05, 3.63) is 71.5 Å². The summed E-state index contributed by atoms with van der Waals surface area (Å²) in [6, 6.07) is 14.7. The highest BCUT2D eigenvalue weighted by molar-refractivity contribution is 5.87. The minimum atomic E-state index is -0.700. The Morgan fingerprint density at radius 2 is 1.74 bits per heavy atom. The SMILES string of the molecule is CC(=O)N(Cc1ccc(F)cc1)C(Cc1ccccc1)C(=O)NCCCO. The number of benzene rings is 2. The van der Waals surface area contributed by atoms with Crippen molar-refractivity contribution in [3.63, 3.8) is 0 Å². The molecule has 5 nitrogen and oxygen atoms in total. The molecule has 0 bridgehead atoms. The summed E-state index contributed by atoms with van der Waals surface area (Å²) in [4.78, 5) is 26.6. The van der Waals surface area contributed by atoms with Crippen molar-refractivity contribution < 1.29 is 19.1 Å². The van der Waals surface area contributed by atoms with Crippen LogP contribution < -0.4 is 5.32 Å². The van der Waals surface area contributed by atoms with Crippen LogP contribution in [-0.2, 0) is 22.6 Å². The maximum absolute atomic E-state index is 13.2. The average Bonchev–Trinajstić information content (AvgIpc) is 2.66. The Balaban J connectivity index is 2.23. The molecule has 2 aromatic rings. The van der Waals surface area contributed by atoms with Gasteiger partial charge in [0.05, 0.1) is 0 Å². The van der Waals surface area contributed by atoms with Crippen LogP contribution in [0.4, 0.5) is 4.39 Å². The zero-order valence-electron chi connectivity index (χ0n) is 15.4. The predicted octanol–water partition coefficient (Wildman–Crippen LogP) is 2.28. The average molecular weight is 372 g/mol. The summed E-state index contributed by atoms with van der Waals surface area (Å²) < 4.78 is 13.2. The van der Waals surface area contributed by atoms with Crippen molar-refractivity contribution in [2.45, 2.75) is 32.4 Å². The molecule has 2 amide bonds. The second-order valence-corrected chi connectivity index (χ2v) is 6.35. The molecule has 2 aromatic carbocycles. The summed E-state index contributed by atoms with van der Waals surface area (Å²) in [6.45, 7) is 1.95. The highest BCUT2D eigenvalue weighted by Gasteiger charge is 2.28. The quantitative estimate of drug-likeness (QED) is 0.664. The molecule has 2 rings (SSSR count). The molecular formula is C21H25FN2O3. The Morgan fingerprint density at radius 3 is 2.33 bits per heavy atom. The number of hydrogen-bond acceptors (Lipinski definition) is 3. The lowest BCUT2D eigenvalue weighted by molar-refractivity contribution is -0.139. The van der Waals surface area contributed by atoms with Crippen LogP contribution >= 0.6 is 0 Å². The lowest BCUT2D eigenvalue weighted by atomic mass is 10.0. The topological polar surface area (TPSA) is 69.6 Å². The van der Waals surface area contributed by atoms with Crippen molar-refractivity contribution in [2.24, 2.45) is 0 Å². The molecule has 0 saturated heterocycles. The minimum Gasteiger partial charge on any atom is -0.396 e. The van der Waals surface area contributed by atoms with E-state index in [9.17, 15) is 14.0 Å². The van der Waals surface area contributed by atoms with Crippen LogP contribution in [0.1, 0.15) is 24.5 Å². The molecule has 0 aliphatic carbocycles. The molecule has 2 N–H and O–H groups in total. The first-order chi connectivity index (χ1) is 13.0. The Hall–Kier alpha value is -2.73. The predicted molar refractivity (Wildman–Crippen MR) is 101 cm³/mol. The van der Waals surface area contributed by atoms with E-state index in [1.165, 1.54) is 24.0 Å². The summed E-state index contributed by atoms with van der Waals surface area (Å²) in [5.41, 5.74) is 1.68. The summed E-state index contributed by atoms with van der Waals surface area (Å²) in [6.07, 6.45) is 0.814. The van der Waals surface area contributed by atoms with Crippen molar-refractivity contribution in [2.75, 3.05) is 13.2 Å². The van der Waals surface area contributed by atoms with E-state index in [2.05, 4.69) is 5.32 Å². The molecule has 0 fully saturated rings. The van der Waals surface area contributed by atoms with E-state index in [1.54, 1.807) is 12.1 Å². The Kier molecular flexibility index (Phi) is 7.95. The number of aliphatic hydroxyl groups is 1. The number of carbonyl (C=O) groups is 2. The second-order valence-electron chi connectivity index (χ2n) is 6.35. The normalized spacial score (nSPS) is 11.7. The molecule has 27 heavy (non-hydrogen) atoms.